The fourth-order valence-corrected chi connectivity index (χ4v) is 12.6. The molecular formula is C107H135FN10O12. The van der Waals surface area contributed by atoms with Gasteiger partial charge in [0, 0.05) is 61.8 Å². The Morgan fingerprint density at radius 1 is 0.338 bits per heavy atom. The summed E-state index contributed by atoms with van der Waals surface area (Å²) < 4.78 is 69.3. The van der Waals surface area contributed by atoms with Gasteiger partial charge in [0.1, 0.15) is 56.9 Å². The third-order valence-corrected chi connectivity index (χ3v) is 21.7. The Kier molecular flexibility index (Phi) is 36.3. The Morgan fingerprint density at radius 3 is 0.985 bits per heavy atom. The van der Waals surface area contributed by atoms with Crippen molar-refractivity contribution in [3.63, 3.8) is 0 Å². The molecule has 23 heteroatoms. The number of aromatic nitrogens is 8. The summed E-state index contributed by atoms with van der Waals surface area (Å²) in [4.78, 5) is 51.5. The molecule has 12 rings (SSSR count). The first-order valence-electron chi connectivity index (χ1n) is 44.6. The summed E-state index contributed by atoms with van der Waals surface area (Å²) in [5.74, 6) is 4.52. The van der Waals surface area contributed by atoms with Crippen molar-refractivity contribution in [1.29, 1.82) is 0 Å². The Bertz CT molecular complexity index is 5540. The molecule has 8 aromatic carbocycles. The van der Waals surface area contributed by atoms with Crippen LogP contribution in [0.5, 0.6) is 23.0 Å². The van der Waals surface area contributed by atoms with E-state index in [0.717, 1.165) is 113 Å². The standard InChI is InChI=1S/2C28H37N3O3.C26H32N2O3.C25H29FN2O3/c1-20(2)18-33-26-13-9-11-23(15-26)27-16-24(19-34-28(4,5)21(3)32)29-31(27)17-22-10-8-12-25(14-22)30(6)7;1-20(2)18-33-26-10-8-9-23(15-26)27-16-24(19-34-28(4,5)21(3)32)29-31(27)17-22-11-13-25(14-12-22)30(6)7;1-18(2)16-30-23-12-9-11-21(14-23)25-15-22(17-31-26(5,6)20(4)29)27-28(25)24-13-8-7-10-19(24)3;1-17(2)15-30-21-10-8-9-19(13-21)24-14-20(16-31-25(4,5)18(3)29)27-28(24)23-12-7-6-11-22(23)26/h2*8-16,20H,17-19H2,1-7H3;7-15,18H,16-17H2,1-6H3;6-14,17H,15-16H2,1-5H3. The molecule has 0 radical (unpaired) electrons. The van der Waals surface area contributed by atoms with Gasteiger partial charge in [0.2, 0.25) is 0 Å². The van der Waals surface area contributed by atoms with E-state index in [-0.39, 0.29) is 55.4 Å². The minimum atomic E-state index is -0.924. The quantitative estimate of drug-likeness (QED) is 0.0348. The number of carbonyl (C=O) groups excluding carboxylic acids is 4. The van der Waals surface area contributed by atoms with Crippen molar-refractivity contribution in [2.75, 3.05) is 64.4 Å². The van der Waals surface area contributed by atoms with Crippen LogP contribution in [0.15, 0.2) is 218 Å². The smallest absolute Gasteiger partial charge is 0.161 e. The fraction of sp³-hybridized carbons (Fsp3) is 0.402. The number of para-hydroxylation sites is 2. The van der Waals surface area contributed by atoms with Crippen molar-refractivity contribution in [1.82, 2.24) is 39.1 Å². The van der Waals surface area contributed by atoms with Crippen molar-refractivity contribution in [2.24, 2.45) is 23.7 Å². The zero-order chi connectivity index (χ0) is 95.0. The highest BCUT2D eigenvalue weighted by Crippen LogP contribution is 2.35. The van der Waals surface area contributed by atoms with E-state index < -0.39 is 22.4 Å². The number of ketones is 4. The molecule has 0 aliphatic rings. The van der Waals surface area contributed by atoms with E-state index in [1.165, 1.54) is 13.0 Å². The highest BCUT2D eigenvalue weighted by atomic mass is 19.1. The molecule has 0 fully saturated rings. The van der Waals surface area contributed by atoms with Crippen LogP contribution in [0.25, 0.3) is 56.4 Å². The molecule has 0 aliphatic heterocycles. The van der Waals surface area contributed by atoms with E-state index >= 15 is 0 Å². The van der Waals surface area contributed by atoms with Crippen LogP contribution in [0.3, 0.4) is 0 Å². The Balaban J connectivity index is 0.000000195. The third kappa shape index (κ3) is 30.0. The molecule has 0 saturated carbocycles. The number of Topliss-reactive ketones (excluding diaryl/α,β-unsaturated/α-hetero) is 4. The third-order valence-electron chi connectivity index (χ3n) is 21.7. The first-order chi connectivity index (χ1) is 61.4. The first kappa shape index (κ1) is 102. The molecule has 0 aliphatic carbocycles. The van der Waals surface area contributed by atoms with Crippen molar-refractivity contribution in [2.45, 2.75) is 207 Å². The summed E-state index contributed by atoms with van der Waals surface area (Å²) in [6.07, 6.45) is 0. The Morgan fingerprint density at radius 2 is 0.646 bits per heavy atom. The molecule has 130 heavy (non-hydrogen) atoms. The average molecular weight is 1770 g/mol. The van der Waals surface area contributed by atoms with E-state index in [9.17, 15) is 23.6 Å². The molecule has 22 nitrogen and oxygen atoms in total. The highest BCUT2D eigenvalue weighted by Gasteiger charge is 2.30. The van der Waals surface area contributed by atoms with Crippen molar-refractivity contribution in [3.05, 3.63) is 264 Å². The van der Waals surface area contributed by atoms with Crippen LogP contribution in [-0.2, 0) is 77.6 Å². The number of anilines is 2. The van der Waals surface area contributed by atoms with Gasteiger partial charge >= 0.3 is 0 Å². The molecule has 0 spiro atoms. The molecule has 4 aromatic heterocycles. The number of rotatable bonds is 40. The Labute approximate surface area is 769 Å². The maximum atomic E-state index is 14.6. The van der Waals surface area contributed by atoms with Gasteiger partial charge in [0.15, 0.2) is 23.1 Å². The van der Waals surface area contributed by atoms with Crippen LogP contribution in [0.1, 0.15) is 178 Å². The van der Waals surface area contributed by atoms with Crippen molar-refractivity contribution < 1.29 is 61.5 Å². The van der Waals surface area contributed by atoms with Gasteiger partial charge in [-0.15, -0.1) is 0 Å². The minimum Gasteiger partial charge on any atom is -0.493 e. The molecule has 4 heterocycles. The number of ether oxygens (including phenoxy) is 8. The molecule has 12 aromatic rings. The number of nitrogens with zero attached hydrogens (tertiary/aromatic N) is 10. The van der Waals surface area contributed by atoms with Crippen molar-refractivity contribution in [3.8, 4) is 79.4 Å². The minimum absolute atomic E-state index is 0.0110. The number of hydrogen-bond acceptors (Lipinski definition) is 18. The van der Waals surface area contributed by atoms with Gasteiger partial charge in [-0.2, -0.15) is 20.4 Å². The predicted molar refractivity (Wildman–Crippen MR) is 517 cm³/mol. The van der Waals surface area contributed by atoms with Crippen LogP contribution >= 0.6 is 0 Å². The highest BCUT2D eigenvalue weighted by molar-refractivity contribution is 5.85. The molecular weight excluding hydrogens is 1640 g/mol. The number of carbonyl (C=O) groups is 4. The van der Waals surface area contributed by atoms with Gasteiger partial charge in [-0.05, 0) is 246 Å². The molecule has 0 amide bonds. The Hall–Kier alpha value is -12.2. The second kappa shape index (κ2) is 46.4. The van der Waals surface area contributed by atoms with Crippen LogP contribution in [0.4, 0.5) is 15.8 Å². The van der Waals surface area contributed by atoms with Gasteiger partial charge in [0.05, 0.1) is 117 Å². The monoisotopic (exact) mass is 1770 g/mol. The van der Waals surface area contributed by atoms with E-state index in [4.69, 9.17) is 53.2 Å². The molecule has 0 bridgehead atoms. The summed E-state index contributed by atoms with van der Waals surface area (Å²) in [6, 6.07) is 71.4. The van der Waals surface area contributed by atoms with Crippen LogP contribution < -0.4 is 28.7 Å². The maximum absolute atomic E-state index is 14.6. The maximum Gasteiger partial charge on any atom is 0.161 e. The number of aryl methyl sites for hydroxylation is 1. The average Bonchev–Trinajstić information content (AvgIpc) is 1.65. The van der Waals surface area contributed by atoms with Crippen molar-refractivity contribution >= 4 is 34.5 Å². The predicted octanol–water partition coefficient (Wildman–Crippen LogP) is 22.5. The normalized spacial score (nSPS) is 11.7. The number of benzene rings is 8. The van der Waals surface area contributed by atoms with Gasteiger partial charge in [-0.25, -0.2) is 13.8 Å². The van der Waals surface area contributed by atoms with Gasteiger partial charge in [-0.1, -0.05) is 159 Å². The van der Waals surface area contributed by atoms with Gasteiger partial charge in [0.25, 0.3) is 0 Å². The molecule has 0 saturated heterocycles. The van der Waals surface area contributed by atoms with E-state index in [1.807, 2.05) is 145 Å². The van der Waals surface area contributed by atoms with Gasteiger partial charge < -0.3 is 47.7 Å². The molecule has 0 N–H and O–H groups in total. The zero-order valence-corrected chi connectivity index (χ0v) is 80.9. The topological polar surface area (TPSA) is 220 Å². The lowest BCUT2D eigenvalue weighted by Crippen LogP contribution is -2.32. The SMILES string of the molecule is CC(=O)C(C)(C)OCc1cc(-c2cccc(OCC(C)C)c2)n(-c2ccccc2C)n1.CC(=O)C(C)(C)OCc1cc(-c2cccc(OCC(C)C)c2)n(-c2ccccc2F)n1.CC(=O)C(C)(C)OCc1cc(-c2cccc(OCC(C)C)c2)n(Cc2ccc(N(C)C)cc2)n1.CC(=O)C(C)(C)OCc1cc(-c2cccc(OCC(C)C)c2)n(Cc2cccc(N(C)C)c2)n1. The second-order valence-electron chi connectivity index (χ2n) is 36.9. The van der Waals surface area contributed by atoms with Gasteiger partial charge in [-0.3, -0.25) is 28.5 Å². The number of hydrogen-bond donors (Lipinski definition) is 0. The fourth-order valence-electron chi connectivity index (χ4n) is 12.6. The lowest BCUT2D eigenvalue weighted by atomic mass is 10.1. The zero-order valence-electron chi connectivity index (χ0n) is 80.9. The summed E-state index contributed by atoms with van der Waals surface area (Å²) in [7, 11) is 8.13. The summed E-state index contributed by atoms with van der Waals surface area (Å²) in [5, 5.41) is 19.1. The number of halogens is 1. The molecule has 692 valence electrons. The largest absolute Gasteiger partial charge is 0.493 e. The van der Waals surface area contributed by atoms with E-state index in [1.54, 1.807) is 99.0 Å². The molecule has 0 atom stereocenters. The first-order valence-corrected chi connectivity index (χ1v) is 44.6. The van der Waals surface area contributed by atoms with Crippen LogP contribution in [0.2, 0.25) is 0 Å². The second-order valence-corrected chi connectivity index (χ2v) is 36.9. The summed E-state index contributed by atoms with van der Waals surface area (Å²) in [6.45, 7) is 44.1. The van der Waals surface area contributed by atoms with Crippen LogP contribution in [-0.4, -0.2) is 139 Å². The van der Waals surface area contributed by atoms with E-state index in [0.29, 0.717) is 80.3 Å². The molecule has 0 unspecified atom stereocenters. The van der Waals surface area contributed by atoms with Crippen LogP contribution in [0, 0.1) is 36.4 Å². The summed E-state index contributed by atoms with van der Waals surface area (Å²) in [5.41, 5.74) is 14.0. The lowest BCUT2D eigenvalue weighted by molar-refractivity contribution is -0.140. The summed E-state index contributed by atoms with van der Waals surface area (Å²) >= 11 is 0. The van der Waals surface area contributed by atoms with E-state index in [2.05, 4.69) is 168 Å². The lowest BCUT2D eigenvalue weighted by Gasteiger charge is -2.21.